The molecule has 1 N–H and O–H groups in total. The zero-order valence-corrected chi connectivity index (χ0v) is 12.4. The highest BCUT2D eigenvalue weighted by atomic mass is 35.5. The van der Waals surface area contributed by atoms with Gasteiger partial charge < -0.3 is 0 Å². The van der Waals surface area contributed by atoms with E-state index >= 15 is 0 Å². The van der Waals surface area contributed by atoms with E-state index in [4.69, 9.17) is 11.6 Å². The Bertz CT molecular complexity index is 905. The summed E-state index contributed by atoms with van der Waals surface area (Å²) in [4.78, 5) is 4.21. The minimum absolute atomic E-state index is 0.211. The molecule has 0 aliphatic carbocycles. The standard InChI is InChI=1S/C15H11ClN2O2S/c16-12-4-2-5-13(9-12)18-21(19,20)15-6-1-3-11-10-17-8-7-14(11)15/h1-10,18H. The molecule has 3 aromatic rings. The van der Waals surface area contributed by atoms with Crippen molar-refractivity contribution in [1.82, 2.24) is 4.98 Å². The van der Waals surface area contributed by atoms with E-state index in [-0.39, 0.29) is 4.90 Å². The van der Waals surface area contributed by atoms with E-state index in [9.17, 15) is 8.42 Å². The Morgan fingerprint density at radius 1 is 1.05 bits per heavy atom. The third-order valence-corrected chi connectivity index (χ3v) is 4.68. The van der Waals surface area contributed by atoms with E-state index in [1.54, 1.807) is 54.9 Å². The van der Waals surface area contributed by atoms with Crippen molar-refractivity contribution in [3.05, 3.63) is 65.9 Å². The summed E-state index contributed by atoms with van der Waals surface area (Å²) >= 11 is 5.87. The smallest absolute Gasteiger partial charge is 0.262 e. The van der Waals surface area contributed by atoms with Gasteiger partial charge in [0.05, 0.1) is 10.6 Å². The van der Waals surface area contributed by atoms with Crippen molar-refractivity contribution in [1.29, 1.82) is 0 Å². The molecule has 3 rings (SSSR count). The summed E-state index contributed by atoms with van der Waals surface area (Å²) in [6.45, 7) is 0. The molecule has 0 aliphatic rings. The molecular formula is C15H11ClN2O2S. The maximum atomic E-state index is 12.6. The summed E-state index contributed by atoms with van der Waals surface area (Å²) in [5, 5.41) is 1.87. The Labute approximate surface area is 127 Å². The van der Waals surface area contributed by atoms with Crippen LogP contribution in [0.4, 0.5) is 5.69 Å². The second kappa shape index (κ2) is 5.35. The first kappa shape index (κ1) is 13.9. The lowest BCUT2D eigenvalue weighted by molar-refractivity contribution is 0.602. The van der Waals surface area contributed by atoms with E-state index in [0.29, 0.717) is 16.1 Å². The van der Waals surface area contributed by atoms with Gasteiger partial charge in [0.2, 0.25) is 0 Å². The van der Waals surface area contributed by atoms with Gasteiger partial charge in [-0.05, 0) is 30.3 Å². The van der Waals surface area contributed by atoms with Crippen LogP contribution in [-0.2, 0) is 10.0 Å². The largest absolute Gasteiger partial charge is 0.280 e. The number of nitrogens with zero attached hydrogens (tertiary/aromatic N) is 1. The number of hydrogen-bond acceptors (Lipinski definition) is 3. The molecule has 0 atom stereocenters. The zero-order valence-electron chi connectivity index (χ0n) is 10.8. The molecule has 0 bridgehead atoms. The predicted octanol–water partition coefficient (Wildman–Crippen LogP) is 3.69. The molecule has 0 saturated heterocycles. The number of nitrogens with one attached hydrogen (secondary N) is 1. The van der Waals surface area contributed by atoms with Crippen molar-refractivity contribution in [2.75, 3.05) is 4.72 Å². The minimum Gasteiger partial charge on any atom is -0.280 e. The predicted molar refractivity (Wildman–Crippen MR) is 84.0 cm³/mol. The first-order valence-corrected chi connectivity index (χ1v) is 8.03. The number of anilines is 1. The molecule has 1 heterocycles. The Hall–Kier alpha value is -2.11. The van der Waals surface area contributed by atoms with Crippen LogP contribution in [0.3, 0.4) is 0 Å². The fourth-order valence-electron chi connectivity index (χ4n) is 2.09. The highest BCUT2D eigenvalue weighted by Crippen LogP contribution is 2.25. The summed E-state index contributed by atoms with van der Waals surface area (Å²) in [7, 11) is -3.69. The van der Waals surface area contributed by atoms with Crippen molar-refractivity contribution >= 4 is 38.1 Å². The summed E-state index contributed by atoms with van der Waals surface area (Å²) in [6, 6.07) is 13.3. The molecule has 21 heavy (non-hydrogen) atoms. The van der Waals surface area contributed by atoms with Crippen molar-refractivity contribution in [2.45, 2.75) is 4.90 Å². The van der Waals surface area contributed by atoms with E-state index < -0.39 is 10.0 Å². The van der Waals surface area contributed by atoms with Gasteiger partial charge in [-0.3, -0.25) is 9.71 Å². The maximum absolute atomic E-state index is 12.6. The Morgan fingerprint density at radius 2 is 1.86 bits per heavy atom. The van der Waals surface area contributed by atoms with Gasteiger partial charge in [-0.2, -0.15) is 0 Å². The van der Waals surface area contributed by atoms with Gasteiger partial charge in [0.25, 0.3) is 10.0 Å². The van der Waals surface area contributed by atoms with Crippen LogP contribution in [0, 0.1) is 0 Å². The summed E-state index contributed by atoms with van der Waals surface area (Å²) in [5.74, 6) is 0. The number of rotatable bonds is 3. The van der Waals surface area contributed by atoms with E-state index in [1.165, 1.54) is 0 Å². The van der Waals surface area contributed by atoms with Gasteiger partial charge >= 0.3 is 0 Å². The van der Waals surface area contributed by atoms with E-state index in [1.807, 2.05) is 6.07 Å². The average Bonchev–Trinajstić information content (AvgIpc) is 2.46. The molecule has 0 fully saturated rings. The van der Waals surface area contributed by atoms with Gasteiger partial charge in [0.1, 0.15) is 0 Å². The SMILES string of the molecule is O=S(=O)(Nc1cccc(Cl)c1)c1cccc2cnccc12. The van der Waals surface area contributed by atoms with E-state index in [0.717, 1.165) is 5.39 Å². The zero-order chi connectivity index (χ0) is 14.9. The summed E-state index contributed by atoms with van der Waals surface area (Å²) < 4.78 is 27.6. The van der Waals surface area contributed by atoms with Crippen molar-refractivity contribution in [3.63, 3.8) is 0 Å². The Morgan fingerprint density at radius 3 is 2.67 bits per heavy atom. The minimum atomic E-state index is -3.69. The number of fused-ring (bicyclic) bond motifs is 1. The van der Waals surface area contributed by atoms with Gasteiger partial charge in [-0.1, -0.05) is 29.8 Å². The first-order valence-electron chi connectivity index (χ1n) is 6.17. The highest BCUT2D eigenvalue weighted by Gasteiger charge is 2.17. The molecule has 106 valence electrons. The van der Waals surface area contributed by atoms with Crippen LogP contribution in [0.5, 0.6) is 0 Å². The highest BCUT2D eigenvalue weighted by molar-refractivity contribution is 7.93. The fourth-order valence-corrected chi connectivity index (χ4v) is 3.56. The monoisotopic (exact) mass is 318 g/mol. The normalized spacial score (nSPS) is 11.5. The molecule has 0 radical (unpaired) electrons. The molecule has 0 saturated carbocycles. The third-order valence-electron chi connectivity index (χ3n) is 3.01. The molecule has 4 nitrogen and oxygen atoms in total. The average molecular weight is 319 g/mol. The molecule has 0 amide bonds. The van der Waals surface area contributed by atoms with E-state index in [2.05, 4.69) is 9.71 Å². The molecule has 2 aromatic carbocycles. The maximum Gasteiger partial charge on any atom is 0.262 e. The van der Waals surface area contributed by atoms with Crippen LogP contribution < -0.4 is 4.72 Å². The second-order valence-corrected chi connectivity index (χ2v) is 6.56. The number of pyridine rings is 1. The fraction of sp³-hybridized carbons (Fsp3) is 0. The van der Waals surface area contributed by atoms with Gasteiger partial charge in [0, 0.05) is 28.2 Å². The van der Waals surface area contributed by atoms with Crippen LogP contribution in [-0.4, -0.2) is 13.4 Å². The topological polar surface area (TPSA) is 59.1 Å². The Balaban J connectivity index is 2.09. The number of aromatic nitrogens is 1. The quantitative estimate of drug-likeness (QED) is 0.801. The lowest BCUT2D eigenvalue weighted by Crippen LogP contribution is -2.13. The van der Waals surface area contributed by atoms with Crippen LogP contribution in [0.25, 0.3) is 10.8 Å². The number of hydrogen-bond donors (Lipinski definition) is 1. The molecule has 6 heteroatoms. The van der Waals surface area contributed by atoms with Gasteiger partial charge in [0.15, 0.2) is 0 Å². The van der Waals surface area contributed by atoms with Crippen LogP contribution in [0.1, 0.15) is 0 Å². The van der Waals surface area contributed by atoms with Crippen molar-refractivity contribution < 1.29 is 8.42 Å². The molecule has 0 spiro atoms. The first-order chi connectivity index (χ1) is 10.1. The summed E-state index contributed by atoms with van der Waals surface area (Å²) in [6.07, 6.45) is 3.20. The van der Waals surface area contributed by atoms with Crippen LogP contribution in [0.15, 0.2) is 65.8 Å². The molecular weight excluding hydrogens is 308 g/mol. The van der Waals surface area contributed by atoms with Gasteiger partial charge in [-0.15, -0.1) is 0 Å². The number of benzene rings is 2. The molecule has 1 aromatic heterocycles. The Kier molecular flexibility index (Phi) is 3.53. The third kappa shape index (κ3) is 2.84. The number of halogens is 1. The van der Waals surface area contributed by atoms with Crippen molar-refractivity contribution in [2.24, 2.45) is 0 Å². The van der Waals surface area contributed by atoms with Crippen molar-refractivity contribution in [3.8, 4) is 0 Å². The van der Waals surface area contributed by atoms with Gasteiger partial charge in [-0.25, -0.2) is 8.42 Å². The number of sulfonamides is 1. The molecule has 0 unspecified atom stereocenters. The lowest BCUT2D eigenvalue weighted by atomic mass is 10.2. The second-order valence-electron chi connectivity index (χ2n) is 4.47. The lowest BCUT2D eigenvalue weighted by Gasteiger charge is -2.10. The van der Waals surface area contributed by atoms with Crippen LogP contribution >= 0.6 is 11.6 Å². The van der Waals surface area contributed by atoms with Crippen LogP contribution in [0.2, 0.25) is 5.02 Å². The molecule has 0 aliphatic heterocycles. The summed E-state index contributed by atoms with van der Waals surface area (Å²) in [5.41, 5.74) is 0.425.